The lowest BCUT2D eigenvalue weighted by Gasteiger charge is -2.18. The van der Waals surface area contributed by atoms with Crippen molar-refractivity contribution in [2.24, 2.45) is 0 Å². The van der Waals surface area contributed by atoms with Gasteiger partial charge in [-0.15, -0.1) is 0 Å². The van der Waals surface area contributed by atoms with Crippen LogP contribution >= 0.6 is 0 Å². The maximum Gasteiger partial charge on any atom is 0.411 e. The van der Waals surface area contributed by atoms with E-state index in [0.717, 1.165) is 6.07 Å². The first-order valence-electron chi connectivity index (χ1n) is 6.02. The Morgan fingerprint density at radius 3 is 2.40 bits per heavy atom. The summed E-state index contributed by atoms with van der Waals surface area (Å²) in [6.07, 6.45) is -4.23. The zero-order chi connectivity index (χ0) is 15.3. The normalized spacial score (nSPS) is 13.6. The van der Waals surface area contributed by atoms with Gasteiger partial charge in [-0.25, -0.2) is 8.78 Å². The molecule has 0 heterocycles. The number of hydrogen-bond donors (Lipinski definition) is 1. The predicted molar refractivity (Wildman–Crippen MR) is 64.4 cm³/mol. The third kappa shape index (κ3) is 5.05. The molecule has 2 nitrogen and oxygen atoms in total. The summed E-state index contributed by atoms with van der Waals surface area (Å²) in [6, 6.07) is 1.57. The second-order valence-electron chi connectivity index (χ2n) is 4.42. The molecule has 0 aliphatic rings. The van der Waals surface area contributed by atoms with Gasteiger partial charge in [0.25, 0.3) is 0 Å². The highest BCUT2D eigenvalue weighted by Crippen LogP contribution is 2.23. The molecule has 7 heteroatoms. The monoisotopic (exact) mass is 297 g/mol. The van der Waals surface area contributed by atoms with Crippen molar-refractivity contribution in [2.45, 2.75) is 25.6 Å². The molecule has 0 amide bonds. The minimum absolute atomic E-state index is 0.147. The van der Waals surface area contributed by atoms with E-state index < -0.39 is 30.5 Å². The molecule has 1 atom stereocenters. The van der Waals surface area contributed by atoms with Crippen molar-refractivity contribution in [3.63, 3.8) is 0 Å². The van der Waals surface area contributed by atoms with Crippen LogP contribution in [0.5, 0.6) is 0 Å². The highest BCUT2D eigenvalue weighted by molar-refractivity contribution is 5.28. The van der Waals surface area contributed by atoms with Crippen LogP contribution in [0.4, 0.5) is 22.0 Å². The van der Waals surface area contributed by atoms with Crippen LogP contribution in [0.1, 0.15) is 23.6 Å². The van der Waals surface area contributed by atoms with Crippen molar-refractivity contribution in [1.29, 1.82) is 0 Å². The molecule has 1 aromatic carbocycles. The van der Waals surface area contributed by atoms with Crippen molar-refractivity contribution in [3.05, 3.63) is 34.9 Å². The number of halogens is 5. The van der Waals surface area contributed by atoms with Crippen molar-refractivity contribution in [1.82, 2.24) is 5.32 Å². The van der Waals surface area contributed by atoms with E-state index in [9.17, 15) is 22.0 Å². The summed E-state index contributed by atoms with van der Waals surface area (Å²) in [7, 11) is 1.55. The Kier molecular flexibility index (Phi) is 5.88. The van der Waals surface area contributed by atoms with Gasteiger partial charge in [0.15, 0.2) is 0 Å². The van der Waals surface area contributed by atoms with Gasteiger partial charge < -0.3 is 10.1 Å². The highest BCUT2D eigenvalue weighted by atomic mass is 19.4. The summed E-state index contributed by atoms with van der Waals surface area (Å²) in [4.78, 5) is 0. The second-order valence-corrected chi connectivity index (χ2v) is 4.42. The van der Waals surface area contributed by atoms with E-state index in [0.29, 0.717) is 0 Å². The molecule has 0 fully saturated rings. The Morgan fingerprint density at radius 2 is 1.85 bits per heavy atom. The topological polar surface area (TPSA) is 21.3 Å². The summed E-state index contributed by atoms with van der Waals surface area (Å²) in [5.41, 5.74) is 0.486. The molecule has 1 rings (SSSR count). The first kappa shape index (κ1) is 16.8. The minimum Gasteiger partial charge on any atom is -0.372 e. The fourth-order valence-electron chi connectivity index (χ4n) is 1.79. The SMILES string of the molecule is CNC(CCOCC(F)(F)F)c1cc(C)c(F)cc1F. The van der Waals surface area contributed by atoms with Crippen molar-refractivity contribution in [3.8, 4) is 0 Å². The average molecular weight is 297 g/mol. The highest BCUT2D eigenvalue weighted by Gasteiger charge is 2.27. The van der Waals surface area contributed by atoms with Crippen LogP contribution in [0.3, 0.4) is 0 Å². The van der Waals surface area contributed by atoms with E-state index in [4.69, 9.17) is 0 Å². The van der Waals surface area contributed by atoms with Gasteiger partial charge in [-0.2, -0.15) is 13.2 Å². The van der Waals surface area contributed by atoms with Crippen LogP contribution < -0.4 is 5.32 Å². The van der Waals surface area contributed by atoms with E-state index in [1.54, 1.807) is 7.05 Å². The zero-order valence-electron chi connectivity index (χ0n) is 11.2. The lowest BCUT2D eigenvalue weighted by atomic mass is 10.0. The van der Waals surface area contributed by atoms with Crippen LogP contribution in [0, 0.1) is 18.6 Å². The number of alkyl halides is 3. The number of rotatable bonds is 6. The molecule has 0 saturated carbocycles. The number of aryl methyl sites for hydroxylation is 1. The Bertz CT molecular complexity index is 447. The van der Waals surface area contributed by atoms with Gasteiger partial charge in [0.2, 0.25) is 0 Å². The number of nitrogens with one attached hydrogen (secondary N) is 1. The lowest BCUT2D eigenvalue weighted by molar-refractivity contribution is -0.174. The van der Waals surface area contributed by atoms with Crippen LogP contribution in [0.2, 0.25) is 0 Å². The summed E-state index contributed by atoms with van der Waals surface area (Å²) in [5, 5.41) is 2.78. The van der Waals surface area contributed by atoms with Gasteiger partial charge in [0, 0.05) is 24.3 Å². The Balaban J connectivity index is 2.65. The van der Waals surface area contributed by atoms with Gasteiger partial charge >= 0.3 is 6.18 Å². The molecular formula is C13H16F5NO. The van der Waals surface area contributed by atoms with Crippen LogP contribution in [-0.4, -0.2) is 26.4 Å². The molecule has 0 saturated heterocycles. The molecule has 0 aliphatic carbocycles. The summed E-state index contributed by atoms with van der Waals surface area (Å²) < 4.78 is 67.0. The average Bonchev–Trinajstić information content (AvgIpc) is 2.33. The predicted octanol–water partition coefficient (Wildman–Crippen LogP) is 3.50. The second kappa shape index (κ2) is 6.99. The van der Waals surface area contributed by atoms with Crippen molar-refractivity contribution >= 4 is 0 Å². The van der Waals surface area contributed by atoms with E-state index in [1.165, 1.54) is 13.0 Å². The summed E-state index contributed by atoms with van der Waals surface area (Å²) in [6.45, 7) is -0.0274. The zero-order valence-corrected chi connectivity index (χ0v) is 11.2. The van der Waals surface area contributed by atoms with Gasteiger partial charge in [-0.3, -0.25) is 0 Å². The summed E-state index contributed by atoms with van der Waals surface area (Å²) >= 11 is 0. The number of ether oxygens (including phenoxy) is 1. The molecule has 114 valence electrons. The minimum atomic E-state index is -4.38. The van der Waals surface area contributed by atoms with E-state index >= 15 is 0 Å². The molecule has 0 aliphatic heterocycles. The number of hydrogen-bond acceptors (Lipinski definition) is 2. The fraction of sp³-hybridized carbons (Fsp3) is 0.538. The quantitative estimate of drug-likeness (QED) is 0.641. The molecule has 1 aromatic rings. The Hall–Kier alpha value is -1.21. The van der Waals surface area contributed by atoms with Crippen LogP contribution in [0.15, 0.2) is 12.1 Å². The van der Waals surface area contributed by atoms with E-state index in [1.807, 2.05) is 0 Å². The molecule has 0 aromatic heterocycles. The standard InChI is InChI=1S/C13H16F5NO/c1-8-5-9(11(15)6-10(8)14)12(19-2)3-4-20-7-13(16,17)18/h5-6,12,19H,3-4,7H2,1-2H3. The van der Waals surface area contributed by atoms with E-state index in [-0.39, 0.29) is 24.2 Å². The smallest absolute Gasteiger partial charge is 0.372 e. The molecule has 20 heavy (non-hydrogen) atoms. The maximum atomic E-state index is 13.7. The van der Waals surface area contributed by atoms with Gasteiger partial charge in [0.1, 0.15) is 18.2 Å². The largest absolute Gasteiger partial charge is 0.411 e. The molecule has 1 unspecified atom stereocenters. The third-order valence-corrected chi connectivity index (χ3v) is 2.82. The van der Waals surface area contributed by atoms with Gasteiger partial charge in [0.05, 0.1) is 0 Å². The van der Waals surface area contributed by atoms with Crippen LogP contribution in [-0.2, 0) is 4.74 Å². The molecule has 0 spiro atoms. The fourth-order valence-corrected chi connectivity index (χ4v) is 1.79. The first-order chi connectivity index (χ1) is 9.24. The van der Waals surface area contributed by atoms with Crippen molar-refractivity contribution < 1.29 is 26.7 Å². The lowest BCUT2D eigenvalue weighted by Crippen LogP contribution is -2.22. The van der Waals surface area contributed by atoms with Crippen LogP contribution in [0.25, 0.3) is 0 Å². The third-order valence-electron chi connectivity index (χ3n) is 2.82. The molecule has 0 bridgehead atoms. The summed E-state index contributed by atoms with van der Waals surface area (Å²) in [5.74, 6) is -1.39. The van der Waals surface area contributed by atoms with Gasteiger partial charge in [-0.1, -0.05) is 0 Å². The molecule has 0 radical (unpaired) electrons. The Labute approximate surface area is 113 Å². The van der Waals surface area contributed by atoms with Crippen molar-refractivity contribution in [2.75, 3.05) is 20.3 Å². The maximum absolute atomic E-state index is 13.7. The first-order valence-corrected chi connectivity index (χ1v) is 6.02. The van der Waals surface area contributed by atoms with Gasteiger partial charge in [-0.05, 0) is 32.0 Å². The van der Waals surface area contributed by atoms with E-state index in [2.05, 4.69) is 10.1 Å². The molecule has 1 N–H and O–H groups in total. The molecular weight excluding hydrogens is 281 g/mol. The number of benzene rings is 1. The Morgan fingerprint density at radius 1 is 1.20 bits per heavy atom.